The molecule has 1 N–H and O–H groups in total. The Morgan fingerprint density at radius 3 is 2.68 bits per heavy atom. The first-order valence-electron chi connectivity index (χ1n) is 11.1. The summed E-state index contributed by atoms with van der Waals surface area (Å²) in [5.74, 6) is 0.900. The van der Waals surface area contributed by atoms with Gasteiger partial charge in [-0.1, -0.05) is 25.3 Å². The van der Waals surface area contributed by atoms with E-state index in [1.165, 1.54) is 37.7 Å². The summed E-state index contributed by atoms with van der Waals surface area (Å²) >= 11 is 0. The molecule has 0 amide bonds. The minimum atomic E-state index is 0.281. The predicted octanol–water partition coefficient (Wildman–Crippen LogP) is 3.43. The molecule has 5 nitrogen and oxygen atoms in total. The van der Waals surface area contributed by atoms with Gasteiger partial charge in [-0.2, -0.15) is 0 Å². The molecule has 28 heavy (non-hydrogen) atoms. The Hall–Kier alpha value is -1.14. The van der Waals surface area contributed by atoms with Gasteiger partial charge in [0.25, 0.3) is 0 Å². The number of ether oxygens (including phenoxy) is 2. The zero-order chi connectivity index (χ0) is 19.8. The Labute approximate surface area is 170 Å². The van der Waals surface area contributed by atoms with E-state index in [0.717, 1.165) is 50.0 Å². The largest absolute Gasteiger partial charge is 0.496 e. The number of aliphatic hydroxyl groups excluding tert-OH is 1. The van der Waals surface area contributed by atoms with Crippen LogP contribution in [0.25, 0.3) is 0 Å². The molecule has 1 aromatic carbocycles. The number of hydrogen-bond donors (Lipinski definition) is 1. The molecule has 3 rings (SSSR count). The number of hydrogen-bond acceptors (Lipinski definition) is 5. The second-order valence-electron chi connectivity index (χ2n) is 8.21. The summed E-state index contributed by atoms with van der Waals surface area (Å²) in [6, 6.07) is 7.66. The highest BCUT2D eigenvalue weighted by Crippen LogP contribution is 2.28. The molecule has 1 heterocycles. The third kappa shape index (κ3) is 5.69. The zero-order valence-electron chi connectivity index (χ0n) is 17.7. The highest BCUT2D eigenvalue weighted by Gasteiger charge is 2.32. The molecule has 2 aliphatic rings. The fourth-order valence-electron chi connectivity index (χ4n) is 4.89. The molecule has 1 saturated carbocycles. The minimum absolute atomic E-state index is 0.281. The summed E-state index contributed by atoms with van der Waals surface area (Å²) in [6.45, 7) is 7.82. The number of methoxy groups -OCH3 is 1. The maximum absolute atomic E-state index is 9.61. The molecular formula is C23H38N2O3. The molecule has 0 spiro atoms. The maximum atomic E-state index is 9.61. The lowest BCUT2D eigenvalue weighted by Crippen LogP contribution is -2.56. The lowest BCUT2D eigenvalue weighted by atomic mass is 9.91. The molecule has 1 aromatic rings. The lowest BCUT2D eigenvalue weighted by Gasteiger charge is -2.46. The summed E-state index contributed by atoms with van der Waals surface area (Å²) in [6.07, 6.45) is 7.67. The van der Waals surface area contributed by atoms with Gasteiger partial charge in [0.15, 0.2) is 0 Å². The van der Waals surface area contributed by atoms with Crippen LogP contribution in [0.4, 0.5) is 0 Å². The van der Waals surface area contributed by atoms with Crippen molar-refractivity contribution in [3.63, 3.8) is 0 Å². The van der Waals surface area contributed by atoms with Crippen molar-refractivity contribution in [1.82, 2.24) is 9.80 Å². The first kappa shape index (κ1) is 21.6. The number of benzene rings is 1. The van der Waals surface area contributed by atoms with Crippen molar-refractivity contribution in [2.75, 3.05) is 40.0 Å². The Bertz CT molecular complexity index is 589. The van der Waals surface area contributed by atoms with Crippen LogP contribution >= 0.6 is 0 Å². The van der Waals surface area contributed by atoms with E-state index in [4.69, 9.17) is 9.47 Å². The molecule has 5 heteroatoms. The van der Waals surface area contributed by atoms with Crippen molar-refractivity contribution in [2.24, 2.45) is 0 Å². The first-order valence-corrected chi connectivity index (χ1v) is 11.1. The molecule has 158 valence electrons. The summed E-state index contributed by atoms with van der Waals surface area (Å²) in [5.41, 5.74) is 2.43. The monoisotopic (exact) mass is 390 g/mol. The Morgan fingerprint density at radius 2 is 1.96 bits per heavy atom. The van der Waals surface area contributed by atoms with E-state index in [1.807, 2.05) is 6.92 Å². The van der Waals surface area contributed by atoms with Crippen LogP contribution in [0.3, 0.4) is 0 Å². The Morgan fingerprint density at radius 1 is 1.14 bits per heavy atom. The van der Waals surface area contributed by atoms with Crippen LogP contribution in [0, 0.1) is 0 Å². The van der Waals surface area contributed by atoms with Crippen molar-refractivity contribution < 1.29 is 14.6 Å². The fraction of sp³-hybridized carbons (Fsp3) is 0.739. The molecular weight excluding hydrogens is 352 g/mol. The van der Waals surface area contributed by atoms with Gasteiger partial charge < -0.3 is 14.6 Å². The van der Waals surface area contributed by atoms with E-state index < -0.39 is 0 Å². The second kappa shape index (κ2) is 11.1. The van der Waals surface area contributed by atoms with Gasteiger partial charge in [-0.05, 0) is 43.9 Å². The van der Waals surface area contributed by atoms with Crippen molar-refractivity contribution in [3.05, 3.63) is 29.3 Å². The molecule has 0 aromatic heterocycles. The van der Waals surface area contributed by atoms with Crippen molar-refractivity contribution in [1.29, 1.82) is 0 Å². The van der Waals surface area contributed by atoms with Crippen LogP contribution in [0.2, 0.25) is 0 Å². The molecule has 0 bridgehead atoms. The normalized spacial score (nSPS) is 22.5. The van der Waals surface area contributed by atoms with Gasteiger partial charge >= 0.3 is 0 Å². The lowest BCUT2D eigenvalue weighted by molar-refractivity contribution is 0.0136. The molecule has 1 saturated heterocycles. The fourth-order valence-corrected chi connectivity index (χ4v) is 4.89. The third-order valence-corrected chi connectivity index (χ3v) is 6.33. The van der Waals surface area contributed by atoms with Crippen LogP contribution < -0.4 is 4.74 Å². The van der Waals surface area contributed by atoms with Gasteiger partial charge in [-0.3, -0.25) is 9.80 Å². The van der Waals surface area contributed by atoms with Crippen molar-refractivity contribution in [3.8, 4) is 5.75 Å². The number of piperazine rings is 1. The minimum Gasteiger partial charge on any atom is -0.496 e. The maximum Gasteiger partial charge on any atom is 0.124 e. The van der Waals surface area contributed by atoms with Crippen LogP contribution in [0.15, 0.2) is 18.2 Å². The Kier molecular flexibility index (Phi) is 8.59. The summed E-state index contributed by atoms with van der Waals surface area (Å²) in [4.78, 5) is 5.26. The number of rotatable bonds is 9. The third-order valence-electron chi connectivity index (χ3n) is 6.33. The van der Waals surface area contributed by atoms with E-state index >= 15 is 0 Å². The van der Waals surface area contributed by atoms with Gasteiger partial charge in [0, 0.05) is 57.0 Å². The van der Waals surface area contributed by atoms with E-state index in [0.29, 0.717) is 19.3 Å². The van der Waals surface area contributed by atoms with Gasteiger partial charge in [0.05, 0.1) is 13.7 Å². The van der Waals surface area contributed by atoms with Gasteiger partial charge in [-0.15, -0.1) is 0 Å². The molecule has 1 aliphatic heterocycles. The van der Waals surface area contributed by atoms with E-state index in [9.17, 15) is 5.11 Å². The predicted molar refractivity (Wildman–Crippen MR) is 113 cm³/mol. The van der Waals surface area contributed by atoms with Crippen LogP contribution in [0.1, 0.15) is 56.6 Å². The van der Waals surface area contributed by atoms with Crippen LogP contribution in [-0.4, -0.2) is 66.9 Å². The first-order chi connectivity index (χ1) is 13.7. The standard InChI is InChI=1S/C23H38N2O3/c1-3-28-18-20-15-19(9-10-23(20)27-2)16-24-12-13-25(22(17-24)11-14-26)21-7-5-4-6-8-21/h9-10,15,21-22,26H,3-8,11-14,16-18H2,1-2H3. The molecule has 2 fully saturated rings. The number of aliphatic hydroxyl groups is 1. The van der Waals surface area contributed by atoms with Gasteiger partial charge in [-0.25, -0.2) is 0 Å². The van der Waals surface area contributed by atoms with Crippen LogP contribution in [-0.2, 0) is 17.9 Å². The highest BCUT2D eigenvalue weighted by molar-refractivity contribution is 5.37. The summed E-state index contributed by atoms with van der Waals surface area (Å²) in [5, 5.41) is 9.61. The van der Waals surface area contributed by atoms with Crippen LogP contribution in [0.5, 0.6) is 5.75 Å². The van der Waals surface area contributed by atoms with E-state index in [2.05, 4.69) is 28.0 Å². The molecule has 1 atom stereocenters. The molecule has 0 radical (unpaired) electrons. The quantitative estimate of drug-likeness (QED) is 0.700. The average molecular weight is 391 g/mol. The van der Waals surface area contributed by atoms with Gasteiger partial charge in [0.2, 0.25) is 0 Å². The van der Waals surface area contributed by atoms with E-state index in [-0.39, 0.29) is 6.61 Å². The zero-order valence-corrected chi connectivity index (χ0v) is 17.7. The number of nitrogens with zero attached hydrogens (tertiary/aromatic N) is 2. The highest BCUT2D eigenvalue weighted by atomic mass is 16.5. The Balaban J connectivity index is 1.63. The summed E-state index contributed by atoms with van der Waals surface area (Å²) < 4.78 is 11.1. The SMILES string of the molecule is CCOCc1cc(CN2CCN(C3CCCCC3)C(CCO)C2)ccc1OC. The van der Waals surface area contributed by atoms with Crippen molar-refractivity contribution in [2.45, 2.75) is 70.7 Å². The van der Waals surface area contributed by atoms with Gasteiger partial charge in [0.1, 0.15) is 5.75 Å². The second-order valence-corrected chi connectivity index (χ2v) is 8.21. The molecule has 1 unspecified atom stereocenters. The van der Waals surface area contributed by atoms with Crippen molar-refractivity contribution >= 4 is 0 Å². The topological polar surface area (TPSA) is 45.2 Å². The molecule has 1 aliphatic carbocycles. The van der Waals surface area contributed by atoms with E-state index in [1.54, 1.807) is 7.11 Å². The average Bonchev–Trinajstić information content (AvgIpc) is 2.73. The summed E-state index contributed by atoms with van der Waals surface area (Å²) in [7, 11) is 1.72. The smallest absolute Gasteiger partial charge is 0.124 e.